The number of halogens is 1. The van der Waals surface area contributed by atoms with E-state index in [1.54, 1.807) is 18.2 Å². The molecular weight excluding hydrogens is 374 g/mol. The maximum Gasteiger partial charge on any atom is 0.291 e. The predicted molar refractivity (Wildman–Crippen MR) is 105 cm³/mol. The first-order valence-electron chi connectivity index (χ1n) is 8.55. The quantitative estimate of drug-likeness (QED) is 0.782. The van der Waals surface area contributed by atoms with Crippen molar-refractivity contribution >= 4 is 40.6 Å². The molecule has 0 atom stereocenters. The van der Waals surface area contributed by atoms with Gasteiger partial charge in [-0.1, -0.05) is 0 Å². The highest BCUT2D eigenvalue weighted by Gasteiger charge is 2.26. The van der Waals surface area contributed by atoms with E-state index in [9.17, 15) is 9.59 Å². The molecule has 0 aromatic carbocycles. The first-order valence-corrected chi connectivity index (χ1v) is 9.43. The maximum absolute atomic E-state index is 12.8. The highest BCUT2D eigenvalue weighted by atomic mass is 35.5. The molecule has 1 fully saturated rings. The second-order valence-corrected chi connectivity index (χ2v) is 7.14. The van der Waals surface area contributed by atoms with Crippen molar-refractivity contribution in [3.05, 3.63) is 41.2 Å². The molecule has 0 saturated carbocycles. The van der Waals surface area contributed by atoms with E-state index in [0.29, 0.717) is 16.5 Å². The lowest BCUT2D eigenvalue weighted by Gasteiger charge is -2.32. The third-order valence-corrected chi connectivity index (χ3v) is 5.40. The molecule has 2 N–H and O–H groups in total. The first-order chi connectivity index (χ1) is 12.2. The summed E-state index contributed by atoms with van der Waals surface area (Å²) >= 11 is 1.35. The van der Waals surface area contributed by atoms with Crippen LogP contribution in [0.3, 0.4) is 0 Å². The molecule has 26 heavy (non-hydrogen) atoms. The normalized spacial score (nSPS) is 14.7. The SMILES string of the molecule is CNCCC1CCN(C(=O)c2ccsc2NC(=O)c2ccco2)CC1.Cl. The van der Waals surface area contributed by atoms with Gasteiger partial charge in [0.05, 0.1) is 11.8 Å². The molecule has 2 aromatic rings. The van der Waals surface area contributed by atoms with Crippen LogP contribution in [0.2, 0.25) is 0 Å². The molecule has 1 aliphatic heterocycles. The predicted octanol–water partition coefficient (Wildman–Crippen LogP) is 3.48. The van der Waals surface area contributed by atoms with Crippen LogP contribution < -0.4 is 10.6 Å². The highest BCUT2D eigenvalue weighted by Crippen LogP contribution is 2.28. The number of nitrogens with one attached hydrogen (secondary N) is 2. The molecule has 0 aliphatic carbocycles. The summed E-state index contributed by atoms with van der Waals surface area (Å²) in [5.41, 5.74) is 0.554. The number of piperidine rings is 1. The summed E-state index contributed by atoms with van der Waals surface area (Å²) < 4.78 is 5.10. The van der Waals surface area contributed by atoms with Crippen LogP contribution in [0.4, 0.5) is 5.00 Å². The Morgan fingerprint density at radius 1 is 1.31 bits per heavy atom. The van der Waals surface area contributed by atoms with Crippen molar-refractivity contribution in [1.82, 2.24) is 10.2 Å². The first kappa shape index (κ1) is 20.5. The Kier molecular flexibility index (Phi) is 7.68. The van der Waals surface area contributed by atoms with Crippen LogP contribution in [0.15, 0.2) is 34.3 Å². The van der Waals surface area contributed by atoms with Gasteiger partial charge in [-0.2, -0.15) is 0 Å². The van der Waals surface area contributed by atoms with Gasteiger partial charge in [-0.05, 0) is 62.4 Å². The number of rotatable bonds is 6. The number of likely N-dealkylation sites (tertiary alicyclic amines) is 1. The van der Waals surface area contributed by atoms with Crippen LogP contribution in [0.5, 0.6) is 0 Å². The third kappa shape index (κ3) is 4.87. The fourth-order valence-corrected chi connectivity index (χ4v) is 3.86. The van der Waals surface area contributed by atoms with Gasteiger partial charge in [-0.3, -0.25) is 9.59 Å². The van der Waals surface area contributed by atoms with Crippen molar-refractivity contribution in [3.63, 3.8) is 0 Å². The average Bonchev–Trinajstić information content (AvgIpc) is 3.31. The van der Waals surface area contributed by atoms with E-state index < -0.39 is 0 Å². The minimum atomic E-state index is -0.340. The summed E-state index contributed by atoms with van der Waals surface area (Å²) in [5.74, 6) is 0.560. The number of amides is 2. The number of carbonyl (C=O) groups excluding carboxylic acids is 2. The molecule has 0 spiro atoms. The lowest BCUT2D eigenvalue weighted by atomic mass is 9.93. The molecule has 2 amide bonds. The van der Waals surface area contributed by atoms with Gasteiger partial charge in [0.1, 0.15) is 5.00 Å². The zero-order valence-corrected chi connectivity index (χ0v) is 16.3. The number of nitrogens with zero attached hydrogens (tertiary/aromatic N) is 1. The summed E-state index contributed by atoms with van der Waals surface area (Å²) in [6.45, 7) is 2.56. The number of furan rings is 1. The van der Waals surface area contributed by atoms with Crippen LogP contribution in [0.1, 0.15) is 40.2 Å². The van der Waals surface area contributed by atoms with Gasteiger partial charge in [-0.15, -0.1) is 23.7 Å². The van der Waals surface area contributed by atoms with Crippen LogP contribution in [0.25, 0.3) is 0 Å². The van der Waals surface area contributed by atoms with Gasteiger partial charge in [-0.25, -0.2) is 0 Å². The minimum absolute atomic E-state index is 0. The highest BCUT2D eigenvalue weighted by molar-refractivity contribution is 7.14. The van der Waals surface area contributed by atoms with Gasteiger partial charge in [0.2, 0.25) is 0 Å². The zero-order chi connectivity index (χ0) is 17.6. The minimum Gasteiger partial charge on any atom is -0.459 e. The van der Waals surface area contributed by atoms with Crippen LogP contribution in [-0.2, 0) is 0 Å². The fraction of sp³-hybridized carbons (Fsp3) is 0.444. The van der Waals surface area contributed by atoms with Gasteiger partial charge >= 0.3 is 0 Å². The Hall–Kier alpha value is -1.83. The molecule has 0 bridgehead atoms. The molecule has 3 heterocycles. The molecule has 2 aromatic heterocycles. The van der Waals surface area contributed by atoms with Crippen molar-refractivity contribution in [2.24, 2.45) is 5.92 Å². The van der Waals surface area contributed by atoms with E-state index in [1.807, 2.05) is 17.3 Å². The van der Waals surface area contributed by atoms with E-state index in [1.165, 1.54) is 17.6 Å². The van der Waals surface area contributed by atoms with Gasteiger partial charge < -0.3 is 20.0 Å². The lowest BCUT2D eigenvalue weighted by Crippen LogP contribution is -2.39. The second-order valence-electron chi connectivity index (χ2n) is 6.22. The second kappa shape index (κ2) is 9.75. The molecular formula is C18H24ClN3O3S. The molecule has 6 nitrogen and oxygen atoms in total. The maximum atomic E-state index is 12.8. The van der Waals surface area contributed by atoms with E-state index in [0.717, 1.165) is 38.9 Å². The van der Waals surface area contributed by atoms with E-state index in [-0.39, 0.29) is 30.0 Å². The average molecular weight is 398 g/mol. The smallest absolute Gasteiger partial charge is 0.291 e. The molecule has 1 aliphatic rings. The molecule has 3 rings (SSSR count). The number of carbonyl (C=O) groups is 2. The summed E-state index contributed by atoms with van der Waals surface area (Å²) in [4.78, 5) is 26.8. The standard InChI is InChI=1S/C18H23N3O3S.ClH/c1-19-8-4-13-5-9-21(10-6-13)18(23)14-7-12-25-17(14)20-16(22)15-3-2-11-24-15;/h2-3,7,11-13,19H,4-6,8-10H2,1H3,(H,20,22);1H. The molecule has 0 radical (unpaired) electrons. The van der Waals surface area contributed by atoms with Gasteiger partial charge in [0.15, 0.2) is 5.76 Å². The monoisotopic (exact) mass is 397 g/mol. The largest absolute Gasteiger partial charge is 0.459 e. The van der Waals surface area contributed by atoms with Crippen molar-refractivity contribution < 1.29 is 14.0 Å². The van der Waals surface area contributed by atoms with Crippen LogP contribution in [-0.4, -0.2) is 43.4 Å². The summed E-state index contributed by atoms with van der Waals surface area (Å²) in [6.07, 6.45) is 4.67. The molecule has 8 heteroatoms. The van der Waals surface area contributed by atoms with Crippen LogP contribution >= 0.6 is 23.7 Å². The van der Waals surface area contributed by atoms with E-state index in [4.69, 9.17) is 4.42 Å². The number of hydrogen-bond acceptors (Lipinski definition) is 5. The molecule has 1 saturated heterocycles. The Morgan fingerprint density at radius 2 is 2.08 bits per heavy atom. The van der Waals surface area contributed by atoms with Gasteiger partial charge in [0.25, 0.3) is 11.8 Å². The lowest BCUT2D eigenvalue weighted by molar-refractivity contribution is 0.0688. The summed E-state index contributed by atoms with van der Waals surface area (Å²) in [6, 6.07) is 5.03. The third-order valence-electron chi connectivity index (χ3n) is 4.57. The van der Waals surface area contributed by atoms with Crippen molar-refractivity contribution in [1.29, 1.82) is 0 Å². The fourth-order valence-electron chi connectivity index (χ4n) is 3.09. The molecule has 142 valence electrons. The number of hydrogen-bond donors (Lipinski definition) is 2. The Balaban J connectivity index is 0.00000243. The number of anilines is 1. The summed E-state index contributed by atoms with van der Waals surface area (Å²) in [7, 11) is 1.97. The topological polar surface area (TPSA) is 74.6 Å². The Bertz CT molecular complexity index is 709. The van der Waals surface area contributed by atoms with Gasteiger partial charge in [0, 0.05) is 13.1 Å². The van der Waals surface area contributed by atoms with Crippen molar-refractivity contribution in [2.75, 3.05) is 32.0 Å². The summed E-state index contributed by atoms with van der Waals surface area (Å²) in [5, 5.41) is 8.36. The van der Waals surface area contributed by atoms with Crippen molar-refractivity contribution in [3.8, 4) is 0 Å². The molecule has 0 unspecified atom stereocenters. The van der Waals surface area contributed by atoms with Crippen LogP contribution in [0, 0.1) is 5.92 Å². The van der Waals surface area contributed by atoms with E-state index in [2.05, 4.69) is 10.6 Å². The number of thiophene rings is 1. The Labute approximate surface area is 163 Å². The van der Waals surface area contributed by atoms with Crippen molar-refractivity contribution in [2.45, 2.75) is 19.3 Å². The Morgan fingerprint density at radius 3 is 2.73 bits per heavy atom. The van der Waals surface area contributed by atoms with E-state index >= 15 is 0 Å². The zero-order valence-electron chi connectivity index (χ0n) is 14.7.